The van der Waals surface area contributed by atoms with Crippen molar-refractivity contribution in [3.05, 3.63) is 59.2 Å². The number of nitrogens with one attached hydrogen (secondary N) is 2. The lowest BCUT2D eigenvalue weighted by Gasteiger charge is -2.05. The first kappa shape index (κ1) is 19.2. The molecule has 26 heavy (non-hydrogen) atoms. The maximum Gasteiger partial charge on any atom is 0.229 e. The first-order valence-corrected chi connectivity index (χ1v) is 8.41. The molecule has 0 spiro atoms. The molecule has 0 fully saturated rings. The van der Waals surface area contributed by atoms with E-state index in [4.69, 9.17) is 10.5 Å². The minimum atomic E-state index is 0.299. The Morgan fingerprint density at radius 3 is 2.62 bits per heavy atom. The van der Waals surface area contributed by atoms with Crippen LogP contribution in [0.15, 0.2) is 41.5 Å². The van der Waals surface area contributed by atoms with Gasteiger partial charge in [-0.1, -0.05) is 12.1 Å². The van der Waals surface area contributed by atoms with E-state index in [-0.39, 0.29) is 0 Å². The summed E-state index contributed by atoms with van der Waals surface area (Å²) in [6, 6.07) is 9.73. The van der Waals surface area contributed by atoms with E-state index < -0.39 is 0 Å². The van der Waals surface area contributed by atoms with E-state index in [9.17, 15) is 0 Å². The van der Waals surface area contributed by atoms with Gasteiger partial charge >= 0.3 is 0 Å². The molecule has 0 aromatic carbocycles. The second-order valence-electron chi connectivity index (χ2n) is 5.94. The molecule has 138 valence electrons. The number of methoxy groups -OCH3 is 1. The number of ether oxygens (including phenoxy) is 1. The minimum Gasteiger partial charge on any atom is -0.497 e. The molecule has 0 bridgehead atoms. The summed E-state index contributed by atoms with van der Waals surface area (Å²) in [4.78, 5) is 16.2. The van der Waals surface area contributed by atoms with Gasteiger partial charge in [0.05, 0.1) is 7.11 Å². The summed E-state index contributed by atoms with van der Waals surface area (Å²) in [5.74, 6) is 1.55. The molecule has 0 amide bonds. The van der Waals surface area contributed by atoms with Gasteiger partial charge in [-0.3, -0.25) is 10.3 Å². The zero-order valence-corrected chi connectivity index (χ0v) is 15.7. The fraction of sp³-hybridized carbons (Fsp3) is 0.316. The van der Waals surface area contributed by atoms with Crippen LogP contribution >= 0.6 is 0 Å². The standard InChI is InChI=1S/C19H26N6O/c1-13-11-17(26-4)7-5-6-16(12-22-13)8-9-21-18(20)25-19-23-14(2)10-15(3)24-19/h5-7,10-12,22H,8-9H2,1-4H3,(H3,20,21,23,24,25). The van der Waals surface area contributed by atoms with E-state index in [1.54, 1.807) is 7.11 Å². The Hall–Kier alpha value is -3.09. The van der Waals surface area contributed by atoms with Gasteiger partial charge in [-0.15, -0.1) is 0 Å². The minimum absolute atomic E-state index is 0.299. The number of aryl methyl sites for hydroxylation is 3. The Balaban J connectivity index is 2.03. The van der Waals surface area contributed by atoms with E-state index in [2.05, 4.69) is 25.3 Å². The van der Waals surface area contributed by atoms with Gasteiger partial charge in [0.1, 0.15) is 5.75 Å². The molecule has 0 aliphatic rings. The molecule has 0 aliphatic heterocycles. The average molecular weight is 354 g/mol. The largest absolute Gasteiger partial charge is 0.497 e. The molecule has 2 aromatic rings. The molecule has 0 saturated heterocycles. The summed E-state index contributed by atoms with van der Waals surface area (Å²) in [5, 5.41) is 2.93. The smallest absolute Gasteiger partial charge is 0.229 e. The Bertz CT molecular complexity index is 806. The van der Waals surface area contributed by atoms with Crippen LogP contribution in [0.3, 0.4) is 0 Å². The Kier molecular flexibility index (Phi) is 6.96. The van der Waals surface area contributed by atoms with Gasteiger partial charge < -0.3 is 15.5 Å². The van der Waals surface area contributed by atoms with Crippen molar-refractivity contribution in [2.75, 3.05) is 19.0 Å². The molecule has 0 atom stereocenters. The number of nitrogens with zero attached hydrogens (tertiary/aromatic N) is 3. The fourth-order valence-corrected chi connectivity index (χ4v) is 2.35. The average Bonchev–Trinajstić information content (AvgIpc) is 2.65. The molecule has 2 heterocycles. The molecule has 2 rings (SSSR count). The number of rotatable bonds is 5. The number of anilines is 1. The summed E-state index contributed by atoms with van der Waals surface area (Å²) in [6.07, 6.45) is 2.70. The van der Waals surface area contributed by atoms with E-state index in [1.807, 2.05) is 57.3 Å². The van der Waals surface area contributed by atoms with Crippen molar-refractivity contribution in [3.63, 3.8) is 0 Å². The molecule has 0 unspecified atom stereocenters. The number of nitrogens with two attached hydrogens (primary N) is 1. The lowest BCUT2D eigenvalue weighted by Crippen LogP contribution is -2.24. The van der Waals surface area contributed by atoms with Crippen LogP contribution in [0.5, 0.6) is 5.75 Å². The zero-order chi connectivity index (χ0) is 18.9. The lowest BCUT2D eigenvalue weighted by atomic mass is 10.2. The first-order valence-electron chi connectivity index (χ1n) is 8.41. The summed E-state index contributed by atoms with van der Waals surface area (Å²) in [5.41, 5.74) is 9.79. The monoisotopic (exact) mass is 354 g/mol. The normalized spacial score (nSPS) is 11.0. The highest BCUT2D eigenvalue weighted by Crippen LogP contribution is 2.08. The van der Waals surface area contributed by atoms with Crippen LogP contribution in [0.4, 0.5) is 5.95 Å². The predicted molar refractivity (Wildman–Crippen MR) is 105 cm³/mol. The van der Waals surface area contributed by atoms with Crippen molar-refractivity contribution >= 4 is 11.9 Å². The summed E-state index contributed by atoms with van der Waals surface area (Å²) >= 11 is 0. The molecular formula is C19H26N6O. The van der Waals surface area contributed by atoms with Crippen LogP contribution in [0.1, 0.15) is 22.6 Å². The number of hydrogen-bond acceptors (Lipinski definition) is 4. The quantitative estimate of drug-likeness (QED) is 0.566. The van der Waals surface area contributed by atoms with Gasteiger partial charge in [-0.2, -0.15) is 0 Å². The van der Waals surface area contributed by atoms with Crippen LogP contribution in [0.25, 0.3) is 0 Å². The predicted octanol–water partition coefficient (Wildman–Crippen LogP) is 2.83. The Morgan fingerprint density at radius 1 is 1.19 bits per heavy atom. The van der Waals surface area contributed by atoms with Gasteiger partial charge in [0.2, 0.25) is 5.95 Å². The van der Waals surface area contributed by atoms with Crippen molar-refractivity contribution in [1.29, 1.82) is 0 Å². The maximum atomic E-state index is 5.93. The molecule has 7 nitrogen and oxygen atoms in total. The number of guanidine groups is 1. The fourth-order valence-electron chi connectivity index (χ4n) is 2.35. The highest BCUT2D eigenvalue weighted by atomic mass is 16.5. The van der Waals surface area contributed by atoms with Crippen molar-refractivity contribution in [1.82, 2.24) is 15.0 Å². The van der Waals surface area contributed by atoms with E-state index >= 15 is 0 Å². The second kappa shape index (κ2) is 9.41. The van der Waals surface area contributed by atoms with Crippen molar-refractivity contribution in [2.45, 2.75) is 27.2 Å². The van der Waals surface area contributed by atoms with Crippen molar-refractivity contribution in [3.8, 4) is 5.75 Å². The third kappa shape index (κ3) is 6.43. The van der Waals surface area contributed by atoms with Gasteiger partial charge in [0.25, 0.3) is 0 Å². The second-order valence-corrected chi connectivity index (χ2v) is 5.94. The van der Waals surface area contributed by atoms with Gasteiger partial charge in [0, 0.05) is 29.8 Å². The van der Waals surface area contributed by atoms with E-state index in [1.165, 1.54) is 0 Å². The summed E-state index contributed by atoms with van der Waals surface area (Å²) < 4.78 is 5.29. The van der Waals surface area contributed by atoms with E-state index in [0.717, 1.165) is 34.8 Å². The SMILES string of the molecule is COc1cccc(CCN=C(N)Nc2nc(C)cc(C)n2)c[nH]c(C)c1. The molecule has 0 radical (unpaired) electrons. The highest BCUT2D eigenvalue weighted by molar-refractivity contribution is 5.90. The number of hydrogen-bond donors (Lipinski definition) is 3. The van der Waals surface area contributed by atoms with Crippen LogP contribution in [-0.4, -0.2) is 34.6 Å². The van der Waals surface area contributed by atoms with Gasteiger partial charge in [0.15, 0.2) is 5.96 Å². The van der Waals surface area contributed by atoms with Crippen molar-refractivity contribution < 1.29 is 4.74 Å². The molecule has 4 N–H and O–H groups in total. The number of aliphatic imine (C=N–C) groups is 1. The summed E-state index contributed by atoms with van der Waals surface area (Å²) in [7, 11) is 1.65. The van der Waals surface area contributed by atoms with Crippen LogP contribution in [-0.2, 0) is 6.42 Å². The van der Waals surface area contributed by atoms with Gasteiger partial charge in [-0.25, -0.2) is 9.97 Å². The van der Waals surface area contributed by atoms with Crippen molar-refractivity contribution in [2.24, 2.45) is 10.7 Å². The number of aromatic amines is 1. The number of H-pyrrole nitrogens is 1. The lowest BCUT2D eigenvalue weighted by molar-refractivity contribution is 0.414. The third-order valence-corrected chi connectivity index (χ3v) is 3.56. The third-order valence-electron chi connectivity index (χ3n) is 3.56. The van der Waals surface area contributed by atoms with Crippen LogP contribution < -0.4 is 15.8 Å². The van der Waals surface area contributed by atoms with Crippen LogP contribution in [0.2, 0.25) is 0 Å². The first-order chi connectivity index (χ1) is 12.5. The number of aromatic nitrogens is 3. The molecular weight excluding hydrogens is 328 g/mol. The molecule has 7 heteroatoms. The Labute approximate surface area is 154 Å². The summed E-state index contributed by atoms with van der Waals surface area (Å²) in [6.45, 7) is 6.35. The van der Waals surface area contributed by atoms with Crippen LogP contribution in [0, 0.1) is 20.8 Å². The highest BCUT2D eigenvalue weighted by Gasteiger charge is 2.00. The molecule has 2 aromatic heterocycles. The molecule has 0 aliphatic carbocycles. The van der Waals surface area contributed by atoms with E-state index in [0.29, 0.717) is 18.5 Å². The topological polar surface area (TPSA) is 101 Å². The molecule has 0 saturated carbocycles. The Morgan fingerprint density at radius 2 is 1.92 bits per heavy atom. The van der Waals surface area contributed by atoms with Gasteiger partial charge in [-0.05, 0) is 51.0 Å². The maximum absolute atomic E-state index is 5.93. The zero-order valence-electron chi connectivity index (χ0n) is 15.7.